The number of hydrogen-bond acceptors (Lipinski definition) is 6. The minimum atomic E-state index is 0.335. The van der Waals surface area contributed by atoms with Crippen LogP contribution in [0.2, 0.25) is 5.02 Å². The van der Waals surface area contributed by atoms with Crippen LogP contribution in [0, 0.1) is 5.92 Å². The average Bonchev–Trinajstić information content (AvgIpc) is 2.50. The highest BCUT2D eigenvalue weighted by atomic mass is 35.5. The molecule has 0 aromatic carbocycles. The van der Waals surface area contributed by atoms with Gasteiger partial charge in [-0.2, -0.15) is 0 Å². The van der Waals surface area contributed by atoms with Crippen LogP contribution in [0.3, 0.4) is 0 Å². The third-order valence-corrected chi connectivity index (χ3v) is 5.09. The van der Waals surface area contributed by atoms with Crippen LogP contribution < -0.4 is 10.6 Å². The molecule has 2 N–H and O–H groups in total. The molecule has 2 aliphatic heterocycles. The first-order valence-electron chi connectivity index (χ1n) is 8.41. The van der Waals surface area contributed by atoms with Crippen molar-refractivity contribution in [1.29, 1.82) is 0 Å². The molecular weight excluding hydrogens is 314 g/mol. The number of rotatable bonds is 3. The second kappa shape index (κ2) is 7.20. The molecule has 2 aliphatic rings. The molecule has 0 aliphatic carbocycles. The van der Waals surface area contributed by atoms with Crippen molar-refractivity contribution in [3.05, 3.63) is 11.3 Å². The Kier molecular flexibility index (Phi) is 5.24. The van der Waals surface area contributed by atoms with Crippen LogP contribution in [0.4, 0.5) is 11.6 Å². The largest absolute Gasteiger partial charge is 0.382 e. The smallest absolute Gasteiger partial charge is 0.153 e. The van der Waals surface area contributed by atoms with Gasteiger partial charge in [0.1, 0.15) is 17.2 Å². The molecule has 2 saturated heterocycles. The van der Waals surface area contributed by atoms with Crippen LogP contribution in [0.25, 0.3) is 0 Å². The number of anilines is 2. The van der Waals surface area contributed by atoms with Crippen LogP contribution in [-0.4, -0.2) is 59.8 Å². The summed E-state index contributed by atoms with van der Waals surface area (Å²) in [6.45, 7) is 9.50. The molecule has 1 aromatic rings. The molecule has 0 bridgehead atoms. The molecular formula is C16H26ClN5O. The minimum Gasteiger partial charge on any atom is -0.382 e. The van der Waals surface area contributed by atoms with Gasteiger partial charge in [0.2, 0.25) is 0 Å². The molecule has 0 radical (unpaired) electrons. The van der Waals surface area contributed by atoms with E-state index in [2.05, 4.69) is 33.6 Å². The van der Waals surface area contributed by atoms with E-state index in [0.29, 0.717) is 23.0 Å². The fraction of sp³-hybridized carbons (Fsp3) is 0.750. The Hall–Kier alpha value is -1.11. The maximum absolute atomic E-state index is 6.24. The highest BCUT2D eigenvalue weighted by Crippen LogP contribution is 2.30. The molecule has 1 aromatic heterocycles. The summed E-state index contributed by atoms with van der Waals surface area (Å²) in [7, 11) is 0. The Morgan fingerprint density at radius 3 is 2.52 bits per heavy atom. The van der Waals surface area contributed by atoms with Crippen LogP contribution in [0.1, 0.15) is 26.7 Å². The number of aromatic nitrogens is 2. The molecule has 6 nitrogen and oxygen atoms in total. The summed E-state index contributed by atoms with van der Waals surface area (Å²) in [5.41, 5.74) is 5.78. The molecule has 3 heterocycles. The van der Waals surface area contributed by atoms with Crippen molar-refractivity contribution in [2.24, 2.45) is 5.92 Å². The number of hydrogen-bond donors (Lipinski definition) is 1. The van der Waals surface area contributed by atoms with E-state index in [1.165, 1.54) is 6.33 Å². The van der Waals surface area contributed by atoms with Gasteiger partial charge < -0.3 is 15.4 Å². The van der Waals surface area contributed by atoms with Crippen molar-refractivity contribution in [3.63, 3.8) is 0 Å². The summed E-state index contributed by atoms with van der Waals surface area (Å²) in [6, 6.07) is 0. The Bertz CT molecular complexity index is 525. The average molecular weight is 340 g/mol. The van der Waals surface area contributed by atoms with E-state index in [9.17, 15) is 0 Å². The Balaban J connectivity index is 1.53. The molecule has 2 fully saturated rings. The first-order valence-corrected chi connectivity index (χ1v) is 8.79. The van der Waals surface area contributed by atoms with Crippen molar-refractivity contribution in [2.45, 2.75) is 38.9 Å². The number of nitrogens with two attached hydrogens (primary N) is 1. The van der Waals surface area contributed by atoms with Gasteiger partial charge in [0.15, 0.2) is 5.82 Å². The Morgan fingerprint density at radius 1 is 1.22 bits per heavy atom. The molecule has 0 amide bonds. The van der Waals surface area contributed by atoms with Gasteiger partial charge in [0.05, 0.1) is 12.2 Å². The second-order valence-electron chi connectivity index (χ2n) is 6.80. The van der Waals surface area contributed by atoms with Crippen LogP contribution >= 0.6 is 11.6 Å². The van der Waals surface area contributed by atoms with E-state index in [1.54, 1.807) is 0 Å². The van der Waals surface area contributed by atoms with E-state index >= 15 is 0 Å². The number of ether oxygens (including phenoxy) is 1. The van der Waals surface area contributed by atoms with Gasteiger partial charge in [-0.1, -0.05) is 11.6 Å². The molecule has 128 valence electrons. The lowest BCUT2D eigenvalue weighted by atomic mass is 9.95. The van der Waals surface area contributed by atoms with E-state index in [4.69, 9.17) is 22.1 Å². The zero-order valence-electron chi connectivity index (χ0n) is 13.9. The third-order valence-electron chi connectivity index (χ3n) is 4.72. The fourth-order valence-electron chi connectivity index (χ4n) is 3.72. The van der Waals surface area contributed by atoms with E-state index in [0.717, 1.165) is 57.3 Å². The van der Waals surface area contributed by atoms with Crippen molar-refractivity contribution in [3.8, 4) is 0 Å². The zero-order chi connectivity index (χ0) is 16.4. The normalized spacial score (nSPS) is 27.3. The van der Waals surface area contributed by atoms with Gasteiger partial charge in [-0.25, -0.2) is 9.97 Å². The third kappa shape index (κ3) is 4.05. The summed E-state index contributed by atoms with van der Waals surface area (Å²) in [6.07, 6.45) is 4.46. The van der Waals surface area contributed by atoms with Gasteiger partial charge in [-0.3, -0.25) is 4.90 Å². The zero-order valence-corrected chi connectivity index (χ0v) is 14.7. The molecule has 3 rings (SSSR count). The maximum Gasteiger partial charge on any atom is 0.153 e. The highest BCUT2D eigenvalue weighted by molar-refractivity contribution is 6.35. The molecule has 2 unspecified atom stereocenters. The van der Waals surface area contributed by atoms with Crippen molar-refractivity contribution in [1.82, 2.24) is 14.9 Å². The first-order chi connectivity index (χ1) is 11.0. The first kappa shape index (κ1) is 16.7. The van der Waals surface area contributed by atoms with Crippen LogP contribution in [0.5, 0.6) is 0 Å². The monoisotopic (exact) mass is 339 g/mol. The van der Waals surface area contributed by atoms with Crippen molar-refractivity contribution >= 4 is 23.2 Å². The van der Waals surface area contributed by atoms with E-state index in [-0.39, 0.29) is 0 Å². The minimum absolute atomic E-state index is 0.335. The molecule has 7 heteroatoms. The second-order valence-corrected chi connectivity index (χ2v) is 7.18. The number of nitrogens with zero attached hydrogens (tertiary/aromatic N) is 4. The van der Waals surface area contributed by atoms with Gasteiger partial charge >= 0.3 is 0 Å². The van der Waals surface area contributed by atoms with Crippen LogP contribution in [-0.2, 0) is 4.74 Å². The Morgan fingerprint density at radius 2 is 1.87 bits per heavy atom. The number of piperidine rings is 1. The fourth-order valence-corrected chi connectivity index (χ4v) is 3.94. The molecule has 0 saturated carbocycles. The lowest BCUT2D eigenvalue weighted by Crippen LogP contribution is -2.48. The summed E-state index contributed by atoms with van der Waals surface area (Å²) in [4.78, 5) is 13.0. The number of halogens is 1. The van der Waals surface area contributed by atoms with Crippen LogP contribution in [0.15, 0.2) is 6.33 Å². The predicted octanol–water partition coefficient (Wildman–Crippen LogP) is 2.04. The SMILES string of the molecule is CC1CN(CC2CCN(c3ncnc(N)c3Cl)CC2)CC(C)O1. The summed E-state index contributed by atoms with van der Waals surface area (Å²) >= 11 is 6.24. The Labute approximate surface area is 143 Å². The van der Waals surface area contributed by atoms with E-state index in [1.807, 2.05) is 0 Å². The summed E-state index contributed by atoms with van der Waals surface area (Å²) in [5, 5.41) is 0.474. The van der Waals surface area contributed by atoms with Gasteiger partial charge in [-0.15, -0.1) is 0 Å². The molecule has 0 spiro atoms. The van der Waals surface area contributed by atoms with Crippen molar-refractivity contribution in [2.75, 3.05) is 43.4 Å². The maximum atomic E-state index is 6.24. The topological polar surface area (TPSA) is 67.5 Å². The van der Waals surface area contributed by atoms with Gasteiger partial charge in [0.25, 0.3) is 0 Å². The van der Waals surface area contributed by atoms with Crippen molar-refractivity contribution < 1.29 is 4.74 Å². The predicted molar refractivity (Wildman–Crippen MR) is 92.8 cm³/mol. The number of nitrogen functional groups attached to an aromatic ring is 1. The summed E-state index contributed by atoms with van der Waals surface area (Å²) in [5.74, 6) is 1.85. The van der Waals surface area contributed by atoms with Gasteiger partial charge in [-0.05, 0) is 32.6 Å². The lowest BCUT2D eigenvalue weighted by Gasteiger charge is -2.39. The summed E-state index contributed by atoms with van der Waals surface area (Å²) < 4.78 is 5.81. The van der Waals surface area contributed by atoms with Gasteiger partial charge in [0, 0.05) is 32.7 Å². The lowest BCUT2D eigenvalue weighted by molar-refractivity contribution is -0.0720. The standard InChI is InChI=1S/C16H26ClN5O/c1-11-7-21(8-12(2)23-11)9-13-3-5-22(6-4-13)16-14(17)15(18)19-10-20-16/h10-13H,3-9H2,1-2H3,(H2,18,19,20). The molecule has 23 heavy (non-hydrogen) atoms. The number of morpholine rings is 1. The molecule has 2 atom stereocenters. The highest BCUT2D eigenvalue weighted by Gasteiger charge is 2.27. The van der Waals surface area contributed by atoms with E-state index < -0.39 is 0 Å². The quantitative estimate of drug-likeness (QED) is 0.909.